The van der Waals surface area contributed by atoms with Crippen LogP contribution in [0.1, 0.15) is 24.1 Å². The van der Waals surface area contributed by atoms with E-state index >= 15 is 0 Å². The average Bonchev–Trinajstić information content (AvgIpc) is 2.85. The topological polar surface area (TPSA) is 49.4 Å². The van der Waals surface area contributed by atoms with Gasteiger partial charge in [0.15, 0.2) is 0 Å². The first-order valence-electron chi connectivity index (χ1n) is 8.19. The van der Waals surface area contributed by atoms with Gasteiger partial charge >= 0.3 is 0 Å². The summed E-state index contributed by atoms with van der Waals surface area (Å²) >= 11 is 6.14. The van der Waals surface area contributed by atoms with Gasteiger partial charge < -0.3 is 5.32 Å². The molecule has 0 fully saturated rings. The predicted molar refractivity (Wildman–Crippen MR) is 97.7 cm³/mol. The summed E-state index contributed by atoms with van der Waals surface area (Å²) in [6.07, 6.45) is 0.601. The van der Waals surface area contributed by atoms with E-state index in [4.69, 9.17) is 11.6 Å². The third kappa shape index (κ3) is 3.74. The summed E-state index contributed by atoms with van der Waals surface area (Å²) < 4.78 is 0. The van der Waals surface area contributed by atoms with Crippen molar-refractivity contribution in [2.45, 2.75) is 19.4 Å². The van der Waals surface area contributed by atoms with Gasteiger partial charge in [0, 0.05) is 12.6 Å². The molecule has 2 aromatic rings. The SMILES string of the molecule is CC(NC1=C(Cl)C(=O)N(CCc2ccccc2)C1=O)c1ccccc1. The number of carbonyl (C=O) groups excluding carboxylic acids is 2. The van der Waals surface area contributed by atoms with Crippen molar-refractivity contribution >= 4 is 23.4 Å². The number of imide groups is 1. The number of nitrogens with zero attached hydrogens (tertiary/aromatic N) is 1. The first kappa shape index (κ1) is 17.2. The summed E-state index contributed by atoms with van der Waals surface area (Å²) in [5.74, 6) is -0.806. The normalized spacial score (nSPS) is 15.7. The molecule has 1 atom stereocenters. The Morgan fingerprint density at radius 2 is 1.56 bits per heavy atom. The molecule has 1 aliphatic rings. The average molecular weight is 355 g/mol. The zero-order valence-corrected chi connectivity index (χ0v) is 14.7. The van der Waals surface area contributed by atoms with Gasteiger partial charge in [0.1, 0.15) is 10.7 Å². The van der Waals surface area contributed by atoms with Crippen LogP contribution >= 0.6 is 11.6 Å². The van der Waals surface area contributed by atoms with Crippen LogP contribution in [0.4, 0.5) is 0 Å². The first-order valence-corrected chi connectivity index (χ1v) is 8.57. The Kier molecular flexibility index (Phi) is 5.19. The van der Waals surface area contributed by atoms with Crippen LogP contribution < -0.4 is 5.32 Å². The molecule has 0 saturated carbocycles. The van der Waals surface area contributed by atoms with Crippen molar-refractivity contribution in [1.82, 2.24) is 10.2 Å². The Labute approximate surface area is 152 Å². The van der Waals surface area contributed by atoms with Crippen LogP contribution in [0.15, 0.2) is 71.4 Å². The van der Waals surface area contributed by atoms with E-state index in [0.29, 0.717) is 13.0 Å². The quantitative estimate of drug-likeness (QED) is 0.809. The smallest absolute Gasteiger partial charge is 0.278 e. The van der Waals surface area contributed by atoms with E-state index in [9.17, 15) is 9.59 Å². The largest absolute Gasteiger partial charge is 0.373 e. The minimum absolute atomic E-state index is 0.0409. The van der Waals surface area contributed by atoms with Gasteiger partial charge in [-0.2, -0.15) is 0 Å². The zero-order chi connectivity index (χ0) is 17.8. The van der Waals surface area contributed by atoms with Crippen LogP contribution in [0.2, 0.25) is 0 Å². The number of nitrogens with one attached hydrogen (secondary N) is 1. The molecule has 0 aromatic heterocycles. The van der Waals surface area contributed by atoms with Gasteiger partial charge in [-0.15, -0.1) is 0 Å². The maximum Gasteiger partial charge on any atom is 0.278 e. The van der Waals surface area contributed by atoms with Gasteiger partial charge in [-0.1, -0.05) is 72.3 Å². The zero-order valence-electron chi connectivity index (χ0n) is 13.9. The van der Waals surface area contributed by atoms with Gasteiger partial charge in [-0.3, -0.25) is 14.5 Å². The molecule has 1 aliphatic heterocycles. The number of amides is 2. The highest BCUT2D eigenvalue weighted by atomic mass is 35.5. The first-order chi connectivity index (χ1) is 12.1. The number of hydrogen-bond donors (Lipinski definition) is 1. The molecule has 0 aliphatic carbocycles. The van der Waals surface area contributed by atoms with E-state index in [-0.39, 0.29) is 22.7 Å². The Morgan fingerprint density at radius 3 is 2.20 bits per heavy atom. The summed E-state index contributed by atoms with van der Waals surface area (Å²) in [6.45, 7) is 2.24. The lowest BCUT2D eigenvalue weighted by Gasteiger charge is -2.18. The van der Waals surface area contributed by atoms with Gasteiger partial charge in [-0.25, -0.2) is 0 Å². The second-order valence-electron chi connectivity index (χ2n) is 5.96. The summed E-state index contributed by atoms with van der Waals surface area (Å²) in [5, 5.41) is 3.05. The lowest BCUT2D eigenvalue weighted by Crippen LogP contribution is -2.35. The predicted octanol–water partition coefficient (Wildman–Crippen LogP) is 3.40. The molecule has 1 N–H and O–H groups in total. The second kappa shape index (κ2) is 7.53. The van der Waals surface area contributed by atoms with E-state index in [2.05, 4.69) is 5.32 Å². The molecular formula is C20H19ClN2O2. The highest BCUT2D eigenvalue weighted by Gasteiger charge is 2.37. The number of benzene rings is 2. The fourth-order valence-electron chi connectivity index (χ4n) is 2.80. The van der Waals surface area contributed by atoms with Crippen molar-refractivity contribution in [2.24, 2.45) is 0 Å². The molecule has 0 spiro atoms. The van der Waals surface area contributed by atoms with Crippen molar-refractivity contribution in [3.05, 3.63) is 82.5 Å². The molecule has 25 heavy (non-hydrogen) atoms. The van der Waals surface area contributed by atoms with E-state index < -0.39 is 5.91 Å². The molecule has 0 radical (unpaired) electrons. The fraction of sp³-hybridized carbons (Fsp3) is 0.200. The fourth-order valence-corrected chi connectivity index (χ4v) is 3.04. The Bertz CT molecular complexity index is 803. The van der Waals surface area contributed by atoms with Gasteiger partial charge in [0.2, 0.25) is 0 Å². The molecule has 128 valence electrons. The van der Waals surface area contributed by atoms with Crippen molar-refractivity contribution in [3.63, 3.8) is 0 Å². The summed E-state index contributed by atoms with van der Waals surface area (Å²) in [4.78, 5) is 26.2. The summed E-state index contributed by atoms with van der Waals surface area (Å²) in [6, 6.07) is 19.3. The van der Waals surface area contributed by atoms with Crippen LogP contribution in [0, 0.1) is 0 Å². The number of carbonyl (C=O) groups is 2. The second-order valence-corrected chi connectivity index (χ2v) is 6.34. The Balaban J connectivity index is 1.69. The summed E-state index contributed by atoms with van der Waals surface area (Å²) in [7, 11) is 0. The van der Waals surface area contributed by atoms with Crippen LogP contribution in [-0.4, -0.2) is 23.3 Å². The highest BCUT2D eigenvalue weighted by molar-refractivity contribution is 6.47. The molecular weight excluding hydrogens is 336 g/mol. The standard InChI is InChI=1S/C20H19ClN2O2/c1-14(16-10-6-3-7-11-16)22-18-17(21)19(24)23(20(18)25)13-12-15-8-4-2-5-9-15/h2-11,14,22H,12-13H2,1H3. The lowest BCUT2D eigenvalue weighted by molar-refractivity contribution is -0.137. The van der Waals surface area contributed by atoms with E-state index in [1.165, 1.54) is 4.90 Å². The number of halogens is 1. The third-order valence-corrected chi connectivity index (χ3v) is 4.59. The van der Waals surface area contributed by atoms with E-state index in [0.717, 1.165) is 11.1 Å². The molecule has 1 heterocycles. The third-order valence-electron chi connectivity index (χ3n) is 4.24. The van der Waals surface area contributed by atoms with Crippen LogP contribution in [0.3, 0.4) is 0 Å². The monoisotopic (exact) mass is 354 g/mol. The minimum Gasteiger partial charge on any atom is -0.373 e. The van der Waals surface area contributed by atoms with Crippen molar-refractivity contribution in [2.75, 3.05) is 6.54 Å². The molecule has 0 saturated heterocycles. The summed E-state index contributed by atoms with van der Waals surface area (Å²) in [5.41, 5.74) is 2.26. The van der Waals surface area contributed by atoms with Crippen LogP contribution in [-0.2, 0) is 16.0 Å². The molecule has 2 aromatic carbocycles. The molecule has 1 unspecified atom stereocenters. The molecule has 3 rings (SSSR count). The lowest BCUT2D eigenvalue weighted by atomic mass is 10.1. The molecule has 4 nitrogen and oxygen atoms in total. The van der Waals surface area contributed by atoms with Crippen molar-refractivity contribution in [3.8, 4) is 0 Å². The van der Waals surface area contributed by atoms with Crippen LogP contribution in [0.25, 0.3) is 0 Å². The minimum atomic E-state index is -0.439. The Morgan fingerprint density at radius 1 is 0.960 bits per heavy atom. The molecule has 2 amide bonds. The van der Waals surface area contributed by atoms with Gasteiger partial charge in [-0.05, 0) is 24.5 Å². The molecule has 0 bridgehead atoms. The Hall–Kier alpha value is -2.59. The highest BCUT2D eigenvalue weighted by Crippen LogP contribution is 2.25. The van der Waals surface area contributed by atoms with Crippen LogP contribution in [0.5, 0.6) is 0 Å². The van der Waals surface area contributed by atoms with Gasteiger partial charge in [0.25, 0.3) is 11.8 Å². The maximum absolute atomic E-state index is 12.6. The maximum atomic E-state index is 12.6. The van der Waals surface area contributed by atoms with E-state index in [1.807, 2.05) is 67.6 Å². The number of hydrogen-bond acceptors (Lipinski definition) is 3. The number of rotatable bonds is 6. The molecule has 5 heteroatoms. The van der Waals surface area contributed by atoms with Crippen molar-refractivity contribution in [1.29, 1.82) is 0 Å². The van der Waals surface area contributed by atoms with Crippen molar-refractivity contribution < 1.29 is 9.59 Å². The van der Waals surface area contributed by atoms with E-state index in [1.54, 1.807) is 0 Å². The van der Waals surface area contributed by atoms with Gasteiger partial charge in [0.05, 0.1) is 0 Å².